The molecule has 0 bridgehead atoms. The van der Waals surface area contributed by atoms with Crippen LogP contribution in [-0.2, 0) is 11.6 Å². The molecule has 1 saturated carbocycles. The molecule has 1 aromatic rings. The van der Waals surface area contributed by atoms with Crippen LogP contribution in [0, 0.1) is 0 Å². The summed E-state index contributed by atoms with van der Waals surface area (Å²) in [5.74, 6) is 0. The summed E-state index contributed by atoms with van der Waals surface area (Å²) in [7, 11) is 0. The van der Waals surface area contributed by atoms with Crippen molar-refractivity contribution in [1.29, 1.82) is 0 Å². The van der Waals surface area contributed by atoms with E-state index in [1.807, 2.05) is 0 Å². The van der Waals surface area contributed by atoms with Crippen LogP contribution in [0.15, 0.2) is 22.7 Å². The van der Waals surface area contributed by atoms with Gasteiger partial charge >= 0.3 is 6.18 Å². The smallest absolute Gasteiger partial charge is 0.330 e. The fraction of sp³-hybridized carbons (Fsp3) is 0.571. The quantitative estimate of drug-likeness (QED) is 0.837. The first-order valence-electron chi connectivity index (χ1n) is 6.47. The van der Waals surface area contributed by atoms with Gasteiger partial charge in [-0.2, -0.15) is 13.2 Å². The number of halogens is 4. The fourth-order valence-corrected chi connectivity index (χ4v) is 3.87. The van der Waals surface area contributed by atoms with Crippen molar-refractivity contribution in [3.8, 4) is 0 Å². The molecule has 19 heavy (non-hydrogen) atoms. The van der Waals surface area contributed by atoms with E-state index in [1.165, 1.54) is 6.07 Å². The zero-order chi connectivity index (χ0) is 14.1. The molecular weight excluding hydrogens is 319 g/mol. The first-order valence-corrected chi connectivity index (χ1v) is 7.26. The Hall–Kier alpha value is -0.550. The monoisotopic (exact) mass is 335 g/mol. The van der Waals surface area contributed by atoms with Gasteiger partial charge in [-0.25, -0.2) is 0 Å². The van der Waals surface area contributed by atoms with Gasteiger partial charge in [-0.15, -0.1) is 0 Å². The van der Waals surface area contributed by atoms with E-state index in [0.717, 1.165) is 38.2 Å². The van der Waals surface area contributed by atoms with Crippen molar-refractivity contribution in [2.45, 2.75) is 43.7 Å². The van der Waals surface area contributed by atoms with Gasteiger partial charge in [0.2, 0.25) is 0 Å². The third kappa shape index (κ3) is 2.82. The Morgan fingerprint density at radius 3 is 2.32 bits per heavy atom. The number of benzene rings is 1. The number of rotatable bonds is 2. The topological polar surface area (TPSA) is 26.0 Å². The molecule has 1 nitrogen and oxygen atoms in total. The fourth-order valence-electron chi connectivity index (χ4n) is 3.08. The molecule has 0 radical (unpaired) electrons. The van der Waals surface area contributed by atoms with Gasteiger partial charge in [-0.3, -0.25) is 0 Å². The Morgan fingerprint density at radius 2 is 1.79 bits per heavy atom. The average Bonchev–Trinajstić information content (AvgIpc) is 2.38. The summed E-state index contributed by atoms with van der Waals surface area (Å²) in [6.07, 6.45) is 0.0856. The molecule has 0 aromatic heterocycles. The largest absolute Gasteiger partial charge is 0.416 e. The minimum Gasteiger partial charge on any atom is -0.330 e. The second-order valence-corrected chi connectivity index (χ2v) is 6.06. The van der Waals surface area contributed by atoms with Crippen LogP contribution in [0.3, 0.4) is 0 Å². The number of hydrogen-bond acceptors (Lipinski definition) is 1. The summed E-state index contributed by atoms with van der Waals surface area (Å²) in [5.41, 5.74) is 5.13. The van der Waals surface area contributed by atoms with E-state index < -0.39 is 17.2 Å². The van der Waals surface area contributed by atoms with Gasteiger partial charge in [0, 0.05) is 16.4 Å². The van der Waals surface area contributed by atoms with Gasteiger partial charge in [0.15, 0.2) is 0 Å². The molecule has 2 rings (SSSR count). The molecule has 0 amide bonds. The minimum atomic E-state index is -4.33. The molecule has 0 spiro atoms. The average molecular weight is 336 g/mol. The summed E-state index contributed by atoms with van der Waals surface area (Å²) in [6, 6.07) is 4.27. The molecule has 1 aliphatic carbocycles. The summed E-state index contributed by atoms with van der Waals surface area (Å²) < 4.78 is 40.2. The first kappa shape index (κ1) is 14.9. The van der Waals surface area contributed by atoms with E-state index in [-0.39, 0.29) is 6.54 Å². The van der Waals surface area contributed by atoms with Crippen LogP contribution >= 0.6 is 15.9 Å². The lowest BCUT2D eigenvalue weighted by Gasteiger charge is -2.39. The Kier molecular flexibility index (Phi) is 4.26. The molecule has 0 atom stereocenters. The minimum absolute atomic E-state index is 0.263. The van der Waals surface area contributed by atoms with Crippen LogP contribution in [0.25, 0.3) is 0 Å². The van der Waals surface area contributed by atoms with E-state index in [2.05, 4.69) is 15.9 Å². The van der Waals surface area contributed by atoms with Crippen molar-refractivity contribution < 1.29 is 13.2 Å². The van der Waals surface area contributed by atoms with Crippen molar-refractivity contribution in [3.63, 3.8) is 0 Å². The lowest BCUT2D eigenvalue weighted by molar-refractivity contribution is -0.139. The van der Waals surface area contributed by atoms with Crippen LogP contribution in [-0.4, -0.2) is 6.54 Å². The van der Waals surface area contributed by atoms with Crippen molar-refractivity contribution in [3.05, 3.63) is 33.8 Å². The highest BCUT2D eigenvalue weighted by molar-refractivity contribution is 9.10. The third-order valence-electron chi connectivity index (χ3n) is 4.05. The van der Waals surface area contributed by atoms with Crippen molar-refractivity contribution >= 4 is 15.9 Å². The van der Waals surface area contributed by atoms with E-state index in [4.69, 9.17) is 5.73 Å². The molecule has 1 aromatic carbocycles. The molecular formula is C14H17BrF3N. The molecule has 2 N–H and O–H groups in total. The highest BCUT2D eigenvalue weighted by atomic mass is 79.9. The van der Waals surface area contributed by atoms with E-state index in [9.17, 15) is 13.2 Å². The molecule has 1 aliphatic rings. The van der Waals surface area contributed by atoms with Gasteiger partial charge in [0.1, 0.15) is 0 Å². The van der Waals surface area contributed by atoms with Crippen molar-refractivity contribution in [1.82, 2.24) is 0 Å². The second-order valence-electron chi connectivity index (χ2n) is 5.21. The molecule has 5 heteroatoms. The second kappa shape index (κ2) is 5.44. The predicted octanol–water partition coefficient (Wildman–Crippen LogP) is 4.63. The van der Waals surface area contributed by atoms with E-state index in [0.29, 0.717) is 10.0 Å². The maximum absolute atomic E-state index is 13.2. The van der Waals surface area contributed by atoms with Crippen LogP contribution in [0.4, 0.5) is 13.2 Å². The van der Waals surface area contributed by atoms with Crippen LogP contribution in [0.1, 0.15) is 43.2 Å². The van der Waals surface area contributed by atoms with Gasteiger partial charge in [0.05, 0.1) is 5.56 Å². The summed E-state index contributed by atoms with van der Waals surface area (Å²) in [5, 5.41) is 0. The molecule has 0 saturated heterocycles. The number of nitrogens with two attached hydrogens (primary N) is 1. The summed E-state index contributed by atoms with van der Waals surface area (Å²) in [6.45, 7) is 0.263. The highest BCUT2D eigenvalue weighted by Gasteiger charge is 2.42. The number of hydrogen-bond donors (Lipinski definition) is 1. The molecule has 1 fully saturated rings. The predicted molar refractivity (Wildman–Crippen MR) is 73.0 cm³/mol. The maximum Gasteiger partial charge on any atom is 0.416 e. The zero-order valence-corrected chi connectivity index (χ0v) is 12.1. The molecule has 0 aliphatic heterocycles. The molecule has 106 valence electrons. The van der Waals surface area contributed by atoms with Gasteiger partial charge in [0.25, 0.3) is 0 Å². The van der Waals surface area contributed by atoms with Crippen LogP contribution in [0.2, 0.25) is 0 Å². The molecule has 0 unspecified atom stereocenters. The van der Waals surface area contributed by atoms with E-state index >= 15 is 0 Å². The van der Waals surface area contributed by atoms with Gasteiger partial charge in [-0.1, -0.05) is 41.3 Å². The first-order chi connectivity index (χ1) is 8.91. The summed E-state index contributed by atoms with van der Waals surface area (Å²) >= 11 is 3.30. The van der Waals surface area contributed by atoms with Crippen molar-refractivity contribution in [2.75, 3.05) is 6.54 Å². The van der Waals surface area contributed by atoms with Gasteiger partial charge < -0.3 is 5.73 Å². The zero-order valence-electron chi connectivity index (χ0n) is 10.6. The SMILES string of the molecule is NCC1(c2c(Br)cccc2C(F)(F)F)CCCCC1. The lowest BCUT2D eigenvalue weighted by Crippen LogP contribution is -2.39. The maximum atomic E-state index is 13.2. The Bertz CT molecular complexity index is 450. The summed E-state index contributed by atoms with van der Waals surface area (Å²) in [4.78, 5) is 0. The third-order valence-corrected chi connectivity index (χ3v) is 4.71. The van der Waals surface area contributed by atoms with E-state index in [1.54, 1.807) is 6.07 Å². The Labute approximate surface area is 119 Å². The molecule has 0 heterocycles. The Morgan fingerprint density at radius 1 is 1.16 bits per heavy atom. The van der Waals surface area contributed by atoms with Crippen LogP contribution in [0.5, 0.6) is 0 Å². The highest BCUT2D eigenvalue weighted by Crippen LogP contribution is 2.47. The normalized spacial score (nSPS) is 19.4. The Balaban J connectivity index is 2.59. The number of alkyl halides is 3. The van der Waals surface area contributed by atoms with Crippen LogP contribution < -0.4 is 5.73 Å². The lowest BCUT2D eigenvalue weighted by atomic mass is 9.68. The van der Waals surface area contributed by atoms with Gasteiger partial charge in [-0.05, 0) is 30.5 Å². The standard InChI is InChI=1S/C14H17BrF3N/c15-11-6-4-5-10(14(16,17)18)12(11)13(9-19)7-2-1-3-8-13/h4-6H,1-3,7-9,19H2. The van der Waals surface area contributed by atoms with Crippen molar-refractivity contribution in [2.24, 2.45) is 5.73 Å².